The van der Waals surface area contributed by atoms with Crippen LogP contribution in [-0.4, -0.2) is 41.1 Å². The Kier molecular flexibility index (Phi) is 5.95. The Hall–Kier alpha value is -2.06. The minimum absolute atomic E-state index is 0.0660. The molecule has 0 saturated carbocycles. The number of hydrogen-bond acceptors (Lipinski definition) is 6. The zero-order chi connectivity index (χ0) is 16.9. The molecule has 8 nitrogen and oxygen atoms in total. The molecule has 0 fully saturated rings. The van der Waals surface area contributed by atoms with Crippen LogP contribution in [0.1, 0.15) is 20.8 Å². The lowest BCUT2D eigenvalue weighted by Gasteiger charge is -2.20. The summed E-state index contributed by atoms with van der Waals surface area (Å²) in [7, 11) is 1.23. The van der Waals surface area contributed by atoms with E-state index in [0.29, 0.717) is 5.69 Å². The van der Waals surface area contributed by atoms with Crippen molar-refractivity contribution in [2.24, 2.45) is 0 Å². The van der Waals surface area contributed by atoms with E-state index in [0.717, 1.165) is 0 Å². The molecule has 1 unspecified atom stereocenters. The number of pyridine rings is 1. The van der Waals surface area contributed by atoms with Crippen molar-refractivity contribution < 1.29 is 24.2 Å². The molecule has 0 aliphatic rings. The monoisotopic (exact) mass is 331 g/mol. The van der Waals surface area contributed by atoms with Crippen molar-refractivity contribution in [1.29, 1.82) is 0 Å². The van der Waals surface area contributed by atoms with Crippen molar-refractivity contribution in [3.63, 3.8) is 0 Å². The van der Waals surface area contributed by atoms with Crippen molar-refractivity contribution in [3.8, 4) is 0 Å². The van der Waals surface area contributed by atoms with Crippen molar-refractivity contribution in [1.82, 2.24) is 4.98 Å². The maximum atomic E-state index is 11.7. The van der Waals surface area contributed by atoms with E-state index >= 15 is 0 Å². The number of carbonyl (C=O) groups is 2. The number of amides is 1. The number of anilines is 2. The molecule has 0 aliphatic heterocycles. The number of rotatable bonds is 5. The second kappa shape index (κ2) is 7.28. The van der Waals surface area contributed by atoms with Crippen LogP contribution in [0, 0.1) is 0 Å². The first-order valence-electron chi connectivity index (χ1n) is 6.30. The number of aromatic nitrogens is 1. The summed E-state index contributed by atoms with van der Waals surface area (Å²) in [5, 5.41) is 14.0. The van der Waals surface area contributed by atoms with Gasteiger partial charge in [-0.25, -0.2) is 14.6 Å². The fourth-order valence-corrected chi connectivity index (χ4v) is 1.63. The van der Waals surface area contributed by atoms with Crippen LogP contribution >= 0.6 is 11.6 Å². The molecule has 22 heavy (non-hydrogen) atoms. The highest BCUT2D eigenvalue weighted by Gasteiger charge is 2.19. The molecule has 0 bridgehead atoms. The molecule has 1 aromatic rings. The van der Waals surface area contributed by atoms with E-state index in [1.165, 1.54) is 19.2 Å². The summed E-state index contributed by atoms with van der Waals surface area (Å²) in [6, 6.07) is 2.81. The van der Waals surface area contributed by atoms with Gasteiger partial charge in [0.25, 0.3) is 0 Å². The molecule has 3 N–H and O–H groups in total. The highest BCUT2D eigenvalue weighted by atomic mass is 35.5. The van der Waals surface area contributed by atoms with E-state index in [1.807, 2.05) is 0 Å². The zero-order valence-corrected chi connectivity index (χ0v) is 13.4. The number of hydrogen-bond donors (Lipinski definition) is 3. The maximum Gasteiger partial charge on any atom is 0.412 e. The van der Waals surface area contributed by atoms with Crippen LogP contribution in [0.25, 0.3) is 0 Å². The molecule has 9 heteroatoms. The summed E-state index contributed by atoms with van der Waals surface area (Å²) >= 11 is 5.84. The summed E-state index contributed by atoms with van der Waals surface area (Å²) in [6.45, 7) is 5.19. The Morgan fingerprint density at radius 2 is 2.00 bits per heavy atom. The van der Waals surface area contributed by atoms with E-state index in [4.69, 9.17) is 26.2 Å². The Morgan fingerprint density at radius 1 is 1.36 bits per heavy atom. The predicted octanol–water partition coefficient (Wildman–Crippen LogP) is 2.55. The molecule has 1 heterocycles. The quantitative estimate of drug-likeness (QED) is 0.561. The van der Waals surface area contributed by atoms with Gasteiger partial charge in [0.05, 0.1) is 5.69 Å². The Morgan fingerprint density at radius 3 is 2.50 bits per heavy atom. The first kappa shape index (κ1) is 18.0. The number of ether oxygens (including phenoxy) is 2. The molecule has 0 aromatic carbocycles. The zero-order valence-electron chi connectivity index (χ0n) is 12.6. The third kappa shape index (κ3) is 6.15. The van der Waals surface area contributed by atoms with E-state index in [-0.39, 0.29) is 11.0 Å². The van der Waals surface area contributed by atoms with Gasteiger partial charge in [-0.2, -0.15) is 0 Å². The van der Waals surface area contributed by atoms with Crippen molar-refractivity contribution in [2.75, 3.05) is 17.7 Å². The Labute approximate surface area is 132 Å². The van der Waals surface area contributed by atoms with Crippen molar-refractivity contribution >= 4 is 35.2 Å². The summed E-state index contributed by atoms with van der Waals surface area (Å²) in [6.07, 6.45) is -1.96. The second-order valence-corrected chi connectivity index (χ2v) is 5.68. The van der Waals surface area contributed by atoms with Gasteiger partial charge in [0, 0.05) is 13.2 Å². The van der Waals surface area contributed by atoms with E-state index in [9.17, 15) is 9.59 Å². The number of aliphatic carboxylic acids is 1. The topological polar surface area (TPSA) is 110 Å². The average molecular weight is 332 g/mol. The predicted molar refractivity (Wildman–Crippen MR) is 81.2 cm³/mol. The lowest BCUT2D eigenvalue weighted by Crippen LogP contribution is -2.31. The number of nitrogens with one attached hydrogen (secondary N) is 2. The van der Waals surface area contributed by atoms with E-state index in [2.05, 4.69) is 15.6 Å². The number of carbonyl (C=O) groups excluding carboxylic acids is 1. The number of carboxylic acid groups (broad SMARTS) is 1. The lowest BCUT2D eigenvalue weighted by atomic mass is 10.2. The van der Waals surface area contributed by atoms with Crippen LogP contribution < -0.4 is 10.6 Å². The molecule has 1 rings (SSSR count). The lowest BCUT2D eigenvalue weighted by molar-refractivity contribution is -0.146. The number of nitrogens with zero attached hydrogens (tertiary/aromatic N) is 1. The minimum atomic E-state index is -1.29. The van der Waals surface area contributed by atoms with E-state index in [1.54, 1.807) is 20.8 Å². The number of methoxy groups -OCH3 is 1. The smallest absolute Gasteiger partial charge is 0.412 e. The van der Waals surface area contributed by atoms with Gasteiger partial charge in [0.15, 0.2) is 0 Å². The van der Waals surface area contributed by atoms with Gasteiger partial charge >= 0.3 is 12.1 Å². The molecule has 0 radical (unpaired) electrons. The molecule has 1 amide bonds. The van der Waals surface area contributed by atoms with Crippen LogP contribution in [0.4, 0.5) is 16.3 Å². The second-order valence-electron chi connectivity index (χ2n) is 5.29. The molecule has 1 atom stereocenters. The summed E-state index contributed by atoms with van der Waals surface area (Å²) < 4.78 is 9.85. The van der Waals surface area contributed by atoms with Crippen LogP contribution in [0.3, 0.4) is 0 Å². The number of carboxylic acids is 1. The highest BCUT2D eigenvalue weighted by molar-refractivity contribution is 6.29. The number of halogens is 1. The Balaban J connectivity index is 2.86. The van der Waals surface area contributed by atoms with Gasteiger partial charge in [-0.15, -0.1) is 0 Å². The van der Waals surface area contributed by atoms with Gasteiger partial charge < -0.3 is 19.9 Å². The molecule has 0 saturated heterocycles. The highest BCUT2D eigenvalue weighted by Crippen LogP contribution is 2.20. The Bertz CT molecular complexity index is 559. The van der Waals surface area contributed by atoms with Gasteiger partial charge in [-0.3, -0.25) is 5.32 Å². The van der Waals surface area contributed by atoms with Crippen LogP contribution in [0.15, 0.2) is 12.1 Å². The van der Waals surface area contributed by atoms with Gasteiger partial charge in [-0.1, -0.05) is 11.6 Å². The molecular formula is C13H18ClN3O5. The first-order valence-corrected chi connectivity index (χ1v) is 6.68. The standard InChI is InChI=1S/C13H18ClN3O5/c1-13(2,3)22-12(20)15-7-5-8(14)16-9(6-7)17-10(21-4)11(18)19/h5-6,10H,1-4H3,(H,18,19)(H2,15,16,17,20). The summed E-state index contributed by atoms with van der Waals surface area (Å²) in [5.41, 5.74) is -0.344. The maximum absolute atomic E-state index is 11.7. The average Bonchev–Trinajstić information content (AvgIpc) is 2.32. The minimum Gasteiger partial charge on any atom is -0.478 e. The molecule has 1 aromatic heterocycles. The normalized spacial score (nSPS) is 12.4. The SMILES string of the molecule is COC(Nc1cc(NC(=O)OC(C)(C)C)cc(Cl)n1)C(=O)O. The van der Waals surface area contributed by atoms with E-state index < -0.39 is 23.9 Å². The van der Waals surface area contributed by atoms with Gasteiger partial charge in [0.2, 0.25) is 6.23 Å². The fourth-order valence-electron chi connectivity index (χ4n) is 1.42. The largest absolute Gasteiger partial charge is 0.478 e. The van der Waals surface area contributed by atoms with Gasteiger partial charge in [-0.05, 0) is 26.8 Å². The third-order valence-corrected chi connectivity index (χ3v) is 2.37. The third-order valence-electron chi connectivity index (χ3n) is 2.18. The van der Waals surface area contributed by atoms with Crippen molar-refractivity contribution in [2.45, 2.75) is 32.6 Å². The molecule has 0 spiro atoms. The molecule has 122 valence electrons. The fraction of sp³-hybridized carbons (Fsp3) is 0.462. The van der Waals surface area contributed by atoms with Gasteiger partial charge in [0.1, 0.15) is 16.6 Å². The van der Waals surface area contributed by atoms with Crippen LogP contribution in [0.5, 0.6) is 0 Å². The summed E-state index contributed by atoms with van der Waals surface area (Å²) in [4.78, 5) is 26.5. The van der Waals surface area contributed by atoms with Crippen molar-refractivity contribution in [3.05, 3.63) is 17.3 Å². The molecular weight excluding hydrogens is 314 g/mol. The molecule has 0 aliphatic carbocycles. The summed E-state index contributed by atoms with van der Waals surface area (Å²) in [5.74, 6) is -1.08. The van der Waals surface area contributed by atoms with Crippen LogP contribution in [-0.2, 0) is 14.3 Å². The van der Waals surface area contributed by atoms with Crippen LogP contribution in [0.2, 0.25) is 5.15 Å². The first-order chi connectivity index (χ1) is 10.1.